The lowest BCUT2D eigenvalue weighted by atomic mass is 10.1. The average molecular weight is 269 g/mol. The molecule has 0 aliphatic rings. The van der Waals surface area contributed by atoms with Crippen LogP contribution in [0, 0.1) is 0 Å². The van der Waals surface area contributed by atoms with E-state index in [1.807, 2.05) is 0 Å². The number of amides is 1. The first-order chi connectivity index (χ1) is 8.97. The molecule has 1 unspecified atom stereocenters. The summed E-state index contributed by atoms with van der Waals surface area (Å²) in [6.07, 6.45) is 1.15. The molecule has 1 rings (SSSR count). The summed E-state index contributed by atoms with van der Waals surface area (Å²) in [6.45, 7) is 1.43. The van der Waals surface area contributed by atoms with Crippen molar-refractivity contribution in [3.63, 3.8) is 0 Å². The van der Waals surface area contributed by atoms with Gasteiger partial charge in [-0.1, -0.05) is 6.92 Å². The third kappa shape index (κ3) is 3.84. The van der Waals surface area contributed by atoms with E-state index in [4.69, 9.17) is 14.6 Å². The van der Waals surface area contributed by atoms with E-state index in [9.17, 15) is 14.4 Å². The number of carboxylic acids is 2. The highest BCUT2D eigenvalue weighted by Gasteiger charge is 2.30. The van der Waals surface area contributed by atoms with Gasteiger partial charge in [-0.2, -0.15) is 0 Å². The first-order valence-corrected chi connectivity index (χ1v) is 5.76. The Labute approximate surface area is 109 Å². The maximum Gasteiger partial charge on any atom is 0.326 e. The Bertz CT molecular complexity index is 453. The molecular formula is C12H15NO6. The standard InChI is InChI=1S/C12H15NO6/c1-2-8(12(17)18)13(6-5-10(14)15)11(16)9-4-3-7-19-9/h3-4,7-8H,2,5-6H2,1H3,(H,14,15)(H,17,18). The van der Waals surface area contributed by atoms with E-state index < -0.39 is 23.9 Å². The lowest BCUT2D eigenvalue weighted by Crippen LogP contribution is -2.45. The predicted molar refractivity (Wildman–Crippen MR) is 63.7 cm³/mol. The monoisotopic (exact) mass is 269 g/mol. The number of aliphatic carboxylic acids is 2. The Kier molecular flexibility index (Phi) is 5.11. The lowest BCUT2D eigenvalue weighted by Gasteiger charge is -2.26. The van der Waals surface area contributed by atoms with Crippen LogP contribution in [-0.4, -0.2) is 45.5 Å². The molecule has 0 aliphatic carbocycles. The second kappa shape index (κ2) is 6.58. The highest BCUT2D eigenvalue weighted by Crippen LogP contribution is 2.13. The van der Waals surface area contributed by atoms with Crippen molar-refractivity contribution < 1.29 is 29.0 Å². The number of carboxylic acid groups (broad SMARTS) is 2. The Morgan fingerprint density at radius 3 is 2.47 bits per heavy atom. The van der Waals surface area contributed by atoms with Gasteiger partial charge in [-0.3, -0.25) is 9.59 Å². The molecule has 0 fully saturated rings. The van der Waals surface area contributed by atoms with Crippen molar-refractivity contribution in [2.75, 3.05) is 6.54 Å². The summed E-state index contributed by atoms with van der Waals surface area (Å²) < 4.78 is 4.93. The van der Waals surface area contributed by atoms with Crippen LogP contribution in [0.5, 0.6) is 0 Å². The van der Waals surface area contributed by atoms with E-state index in [-0.39, 0.29) is 25.1 Å². The molecule has 0 aromatic carbocycles. The van der Waals surface area contributed by atoms with Crippen LogP contribution in [0.4, 0.5) is 0 Å². The average Bonchev–Trinajstić information content (AvgIpc) is 2.86. The van der Waals surface area contributed by atoms with Gasteiger partial charge in [-0.05, 0) is 18.6 Å². The smallest absolute Gasteiger partial charge is 0.326 e. The van der Waals surface area contributed by atoms with Crippen molar-refractivity contribution in [1.82, 2.24) is 4.90 Å². The molecule has 7 heteroatoms. The van der Waals surface area contributed by atoms with E-state index in [0.29, 0.717) is 0 Å². The zero-order valence-electron chi connectivity index (χ0n) is 10.4. The Morgan fingerprint density at radius 1 is 1.37 bits per heavy atom. The van der Waals surface area contributed by atoms with Crippen molar-refractivity contribution in [3.8, 4) is 0 Å². The van der Waals surface area contributed by atoms with E-state index >= 15 is 0 Å². The van der Waals surface area contributed by atoms with Crippen LogP contribution in [-0.2, 0) is 9.59 Å². The maximum atomic E-state index is 12.1. The summed E-state index contributed by atoms with van der Waals surface area (Å²) in [5.74, 6) is -2.91. The minimum atomic E-state index is -1.17. The first kappa shape index (κ1) is 14.7. The molecule has 104 valence electrons. The second-order valence-corrected chi connectivity index (χ2v) is 3.88. The fourth-order valence-electron chi connectivity index (χ4n) is 1.69. The molecule has 1 heterocycles. The molecule has 0 spiro atoms. The Balaban J connectivity index is 2.93. The summed E-state index contributed by atoms with van der Waals surface area (Å²) >= 11 is 0. The maximum absolute atomic E-state index is 12.1. The van der Waals surface area contributed by atoms with Gasteiger partial charge < -0.3 is 19.5 Å². The molecule has 0 saturated heterocycles. The van der Waals surface area contributed by atoms with Crippen molar-refractivity contribution in [2.24, 2.45) is 0 Å². The molecular weight excluding hydrogens is 254 g/mol. The molecule has 1 aromatic heterocycles. The number of nitrogens with zero attached hydrogens (tertiary/aromatic N) is 1. The number of hydrogen-bond acceptors (Lipinski definition) is 4. The van der Waals surface area contributed by atoms with Gasteiger partial charge in [-0.25, -0.2) is 4.79 Å². The third-order valence-electron chi connectivity index (χ3n) is 2.61. The molecule has 7 nitrogen and oxygen atoms in total. The van der Waals surface area contributed by atoms with Crippen molar-refractivity contribution in [1.29, 1.82) is 0 Å². The highest BCUT2D eigenvalue weighted by molar-refractivity contribution is 5.94. The van der Waals surface area contributed by atoms with Crippen LogP contribution in [0.15, 0.2) is 22.8 Å². The van der Waals surface area contributed by atoms with Gasteiger partial charge in [0.2, 0.25) is 0 Å². The molecule has 2 N–H and O–H groups in total. The molecule has 0 aliphatic heterocycles. The minimum Gasteiger partial charge on any atom is -0.481 e. The van der Waals surface area contributed by atoms with Crippen LogP contribution in [0.25, 0.3) is 0 Å². The first-order valence-electron chi connectivity index (χ1n) is 5.76. The molecule has 1 amide bonds. The second-order valence-electron chi connectivity index (χ2n) is 3.88. The number of rotatable bonds is 7. The summed E-state index contributed by atoms with van der Waals surface area (Å²) in [5, 5.41) is 17.7. The predicted octanol–water partition coefficient (Wildman–Crippen LogP) is 1.06. The fraction of sp³-hybridized carbons (Fsp3) is 0.417. The summed E-state index contributed by atoms with van der Waals surface area (Å²) in [4.78, 5) is 34.8. The summed E-state index contributed by atoms with van der Waals surface area (Å²) in [6, 6.07) is 1.84. The molecule has 0 saturated carbocycles. The minimum absolute atomic E-state index is 0.00918. The topological polar surface area (TPSA) is 108 Å². The third-order valence-corrected chi connectivity index (χ3v) is 2.61. The zero-order chi connectivity index (χ0) is 14.4. The highest BCUT2D eigenvalue weighted by atomic mass is 16.4. The van der Waals surface area contributed by atoms with Gasteiger partial charge in [0.15, 0.2) is 5.76 Å². The van der Waals surface area contributed by atoms with Crippen LogP contribution >= 0.6 is 0 Å². The van der Waals surface area contributed by atoms with Gasteiger partial charge in [0.25, 0.3) is 5.91 Å². The van der Waals surface area contributed by atoms with Crippen molar-refractivity contribution in [3.05, 3.63) is 24.2 Å². The largest absolute Gasteiger partial charge is 0.481 e. The number of hydrogen-bond donors (Lipinski definition) is 2. The van der Waals surface area contributed by atoms with Gasteiger partial charge in [0, 0.05) is 6.54 Å². The molecule has 0 radical (unpaired) electrons. The van der Waals surface area contributed by atoms with Crippen LogP contribution in [0.2, 0.25) is 0 Å². The van der Waals surface area contributed by atoms with E-state index in [2.05, 4.69) is 0 Å². The Morgan fingerprint density at radius 2 is 2.05 bits per heavy atom. The lowest BCUT2D eigenvalue weighted by molar-refractivity contribution is -0.144. The number of furan rings is 1. The van der Waals surface area contributed by atoms with Gasteiger partial charge in [0.05, 0.1) is 12.7 Å². The van der Waals surface area contributed by atoms with Gasteiger partial charge >= 0.3 is 11.9 Å². The normalized spacial score (nSPS) is 11.8. The molecule has 1 aromatic rings. The summed E-state index contributed by atoms with van der Waals surface area (Å²) in [7, 11) is 0. The molecule has 0 bridgehead atoms. The number of carbonyl (C=O) groups is 3. The van der Waals surface area contributed by atoms with Crippen molar-refractivity contribution >= 4 is 17.8 Å². The van der Waals surface area contributed by atoms with E-state index in [1.54, 1.807) is 6.92 Å². The van der Waals surface area contributed by atoms with E-state index in [1.165, 1.54) is 18.4 Å². The van der Waals surface area contributed by atoms with Gasteiger partial charge in [-0.15, -0.1) is 0 Å². The van der Waals surface area contributed by atoms with Crippen LogP contribution < -0.4 is 0 Å². The quantitative estimate of drug-likeness (QED) is 0.766. The SMILES string of the molecule is CCC(C(=O)O)N(CCC(=O)O)C(=O)c1ccco1. The van der Waals surface area contributed by atoms with E-state index in [0.717, 1.165) is 4.90 Å². The van der Waals surface area contributed by atoms with Crippen LogP contribution in [0.1, 0.15) is 30.3 Å². The van der Waals surface area contributed by atoms with Crippen molar-refractivity contribution in [2.45, 2.75) is 25.8 Å². The fourth-order valence-corrected chi connectivity index (χ4v) is 1.69. The van der Waals surface area contributed by atoms with Gasteiger partial charge in [0.1, 0.15) is 6.04 Å². The molecule has 1 atom stereocenters. The zero-order valence-corrected chi connectivity index (χ0v) is 10.4. The van der Waals surface area contributed by atoms with Crippen LogP contribution in [0.3, 0.4) is 0 Å². The Hall–Kier alpha value is -2.31. The number of carbonyl (C=O) groups excluding carboxylic acids is 1. The molecule has 19 heavy (non-hydrogen) atoms. The summed E-state index contributed by atoms with van der Waals surface area (Å²) in [5.41, 5.74) is 0.